The molecule has 0 aromatic carbocycles. The molecule has 60 valence electrons. The van der Waals surface area contributed by atoms with Crippen LogP contribution < -0.4 is 0 Å². The first-order valence-corrected chi connectivity index (χ1v) is 4.79. The lowest BCUT2D eigenvalue weighted by Crippen LogP contribution is -2.53. The Hall–Kier alpha value is 0.0649. The molecule has 3 fully saturated rings. The normalized spacial score (nSPS) is 53.4. The molecule has 2 radical (unpaired) electrons. The zero-order valence-electron chi connectivity index (χ0n) is 7.80. The lowest BCUT2D eigenvalue weighted by molar-refractivity contribution is -0.0979. The van der Waals surface area contributed by atoms with E-state index < -0.39 is 0 Å². The molecule has 0 N–H and O–H groups in total. The summed E-state index contributed by atoms with van der Waals surface area (Å²) in [7, 11) is 6.02. The second-order valence-corrected chi connectivity index (χ2v) is 5.12. The van der Waals surface area contributed by atoms with Crippen LogP contribution in [0.4, 0.5) is 0 Å². The molecule has 3 rings (SSSR count). The van der Waals surface area contributed by atoms with Gasteiger partial charge in [-0.05, 0) is 29.6 Å². The summed E-state index contributed by atoms with van der Waals surface area (Å²) in [5.41, 5.74) is 0.606. The second kappa shape index (κ2) is 2.05. The van der Waals surface area contributed by atoms with E-state index in [2.05, 4.69) is 20.8 Å². The van der Waals surface area contributed by atoms with Gasteiger partial charge in [0.2, 0.25) is 0 Å². The average molecular weight is 148 g/mol. The van der Waals surface area contributed by atoms with Crippen molar-refractivity contribution in [3.8, 4) is 0 Å². The van der Waals surface area contributed by atoms with Gasteiger partial charge in [-0.3, -0.25) is 0 Å². The summed E-state index contributed by atoms with van der Waals surface area (Å²) < 4.78 is 0. The standard InChI is InChI=1S/C10H17B/c1-6-8-4-7(5-9(6)11)10(8,2)3/h6-9H,4-5H2,1-3H3/t6-,7-,8+,9-/m0/s1. The molecule has 0 saturated heterocycles. The van der Waals surface area contributed by atoms with Gasteiger partial charge in [0.15, 0.2) is 0 Å². The van der Waals surface area contributed by atoms with E-state index in [4.69, 9.17) is 7.85 Å². The van der Waals surface area contributed by atoms with E-state index in [0.717, 1.165) is 17.8 Å². The molecule has 0 unspecified atom stereocenters. The Balaban J connectivity index is 2.17. The Bertz CT molecular complexity index is 174. The third-order valence-corrected chi connectivity index (χ3v) is 4.41. The van der Waals surface area contributed by atoms with Gasteiger partial charge in [0.25, 0.3) is 0 Å². The van der Waals surface area contributed by atoms with Gasteiger partial charge in [0, 0.05) is 0 Å². The first-order chi connectivity index (χ1) is 5.03. The molecule has 0 nitrogen and oxygen atoms in total. The van der Waals surface area contributed by atoms with Gasteiger partial charge in [-0.2, -0.15) is 0 Å². The summed E-state index contributed by atoms with van der Waals surface area (Å²) in [5.74, 6) is 3.09. The summed E-state index contributed by atoms with van der Waals surface area (Å²) in [5, 5.41) is 0. The van der Waals surface area contributed by atoms with Crippen molar-refractivity contribution in [2.24, 2.45) is 23.2 Å². The number of rotatable bonds is 0. The molecule has 0 spiro atoms. The van der Waals surface area contributed by atoms with Crippen molar-refractivity contribution >= 4 is 7.85 Å². The zero-order chi connectivity index (χ0) is 8.22. The van der Waals surface area contributed by atoms with Crippen LogP contribution in [0.1, 0.15) is 33.6 Å². The van der Waals surface area contributed by atoms with E-state index in [1.165, 1.54) is 12.8 Å². The minimum atomic E-state index is 0.492. The maximum atomic E-state index is 6.02. The third kappa shape index (κ3) is 0.831. The van der Waals surface area contributed by atoms with Gasteiger partial charge in [-0.25, -0.2) is 0 Å². The number of hydrogen-bond donors (Lipinski definition) is 0. The fraction of sp³-hybridized carbons (Fsp3) is 1.00. The maximum absolute atomic E-state index is 6.02. The van der Waals surface area contributed by atoms with Crippen LogP contribution in [0.3, 0.4) is 0 Å². The molecule has 0 aromatic rings. The van der Waals surface area contributed by atoms with E-state index in [-0.39, 0.29) is 0 Å². The van der Waals surface area contributed by atoms with Crippen LogP contribution in [0, 0.1) is 23.2 Å². The van der Waals surface area contributed by atoms with Gasteiger partial charge >= 0.3 is 0 Å². The van der Waals surface area contributed by atoms with Gasteiger partial charge in [0.05, 0.1) is 7.85 Å². The van der Waals surface area contributed by atoms with Crippen molar-refractivity contribution in [1.29, 1.82) is 0 Å². The van der Waals surface area contributed by atoms with Gasteiger partial charge < -0.3 is 0 Å². The molecule has 1 heteroatoms. The van der Waals surface area contributed by atoms with E-state index in [9.17, 15) is 0 Å². The molecule has 4 atom stereocenters. The predicted octanol–water partition coefficient (Wildman–Crippen LogP) is 2.65. The quantitative estimate of drug-likeness (QED) is 0.463. The lowest BCUT2D eigenvalue weighted by Gasteiger charge is -2.62. The average Bonchev–Trinajstić information content (AvgIpc) is 1.93. The van der Waals surface area contributed by atoms with E-state index in [1.807, 2.05) is 0 Å². The summed E-state index contributed by atoms with van der Waals surface area (Å²) in [6.07, 6.45) is 2.71. The fourth-order valence-electron chi connectivity index (χ4n) is 3.19. The number of fused-ring (bicyclic) bond motifs is 2. The molecule has 0 aromatic heterocycles. The first-order valence-electron chi connectivity index (χ1n) is 4.79. The van der Waals surface area contributed by atoms with Crippen LogP contribution in [0.2, 0.25) is 5.82 Å². The Morgan fingerprint density at radius 1 is 1.27 bits per heavy atom. The molecule has 3 aliphatic rings. The summed E-state index contributed by atoms with van der Waals surface area (Å²) in [6.45, 7) is 7.15. The van der Waals surface area contributed by atoms with Gasteiger partial charge in [0.1, 0.15) is 0 Å². The third-order valence-electron chi connectivity index (χ3n) is 4.41. The SMILES string of the molecule is [B][C@H]1C[C@@H]2C[C@H]([C@@H]1C)C2(C)C. The van der Waals surface area contributed by atoms with Crippen LogP contribution in [-0.2, 0) is 0 Å². The molecule has 2 bridgehead atoms. The number of hydrogen-bond acceptors (Lipinski definition) is 0. The highest BCUT2D eigenvalue weighted by Gasteiger charge is 2.54. The smallest absolute Gasteiger partial charge is 0.0703 e. The minimum absolute atomic E-state index is 0.492. The Labute approximate surface area is 71.2 Å². The highest BCUT2D eigenvalue weighted by atomic mass is 14.6. The van der Waals surface area contributed by atoms with Crippen LogP contribution in [0.5, 0.6) is 0 Å². The topological polar surface area (TPSA) is 0 Å². The fourth-order valence-corrected chi connectivity index (χ4v) is 3.19. The van der Waals surface area contributed by atoms with E-state index >= 15 is 0 Å². The molecule has 3 saturated carbocycles. The van der Waals surface area contributed by atoms with Crippen molar-refractivity contribution in [3.05, 3.63) is 0 Å². The molecule has 0 amide bonds. The second-order valence-electron chi connectivity index (χ2n) is 5.12. The summed E-state index contributed by atoms with van der Waals surface area (Å²) >= 11 is 0. The Morgan fingerprint density at radius 3 is 2.27 bits per heavy atom. The predicted molar refractivity (Wildman–Crippen MR) is 48.7 cm³/mol. The molecular weight excluding hydrogens is 131 g/mol. The Morgan fingerprint density at radius 2 is 1.91 bits per heavy atom. The molecule has 0 aliphatic heterocycles. The lowest BCUT2D eigenvalue weighted by atomic mass is 9.41. The van der Waals surface area contributed by atoms with Crippen LogP contribution in [-0.4, -0.2) is 7.85 Å². The van der Waals surface area contributed by atoms with Crippen LogP contribution >= 0.6 is 0 Å². The minimum Gasteiger partial charge on any atom is -0.0743 e. The van der Waals surface area contributed by atoms with Crippen molar-refractivity contribution in [1.82, 2.24) is 0 Å². The van der Waals surface area contributed by atoms with Crippen molar-refractivity contribution in [2.75, 3.05) is 0 Å². The molecule has 11 heavy (non-hydrogen) atoms. The molecule has 3 aliphatic carbocycles. The summed E-state index contributed by atoms with van der Waals surface area (Å²) in [6, 6.07) is 0. The largest absolute Gasteiger partial charge is 0.0743 e. The highest BCUT2D eigenvalue weighted by molar-refractivity contribution is 6.12. The van der Waals surface area contributed by atoms with Gasteiger partial charge in [-0.1, -0.05) is 33.0 Å². The van der Waals surface area contributed by atoms with Crippen LogP contribution in [0.15, 0.2) is 0 Å². The van der Waals surface area contributed by atoms with E-state index in [1.54, 1.807) is 0 Å². The Kier molecular flexibility index (Phi) is 1.44. The molecule has 0 heterocycles. The maximum Gasteiger partial charge on any atom is 0.0703 e. The molecular formula is C10H17B. The van der Waals surface area contributed by atoms with Gasteiger partial charge in [-0.15, -0.1) is 0 Å². The van der Waals surface area contributed by atoms with Crippen molar-refractivity contribution in [2.45, 2.75) is 39.4 Å². The van der Waals surface area contributed by atoms with Crippen LogP contribution in [0.25, 0.3) is 0 Å². The first kappa shape index (κ1) is 7.70. The summed E-state index contributed by atoms with van der Waals surface area (Å²) in [4.78, 5) is 0. The van der Waals surface area contributed by atoms with Crippen molar-refractivity contribution in [3.63, 3.8) is 0 Å². The monoisotopic (exact) mass is 148 g/mol. The van der Waals surface area contributed by atoms with Crippen molar-refractivity contribution < 1.29 is 0 Å². The highest BCUT2D eigenvalue weighted by Crippen LogP contribution is 2.63. The van der Waals surface area contributed by atoms with E-state index in [0.29, 0.717) is 11.2 Å². The zero-order valence-corrected chi connectivity index (χ0v) is 7.80.